The Morgan fingerprint density at radius 3 is 2.68 bits per heavy atom. The minimum absolute atomic E-state index is 0.342. The Kier molecular flexibility index (Phi) is 4.12. The van der Waals surface area contributed by atoms with E-state index in [0.717, 1.165) is 12.1 Å². The predicted molar refractivity (Wildman–Crippen MR) is 71.9 cm³/mol. The molecule has 0 N–H and O–H groups in total. The van der Waals surface area contributed by atoms with Crippen LogP contribution in [0.4, 0.5) is 0 Å². The van der Waals surface area contributed by atoms with E-state index >= 15 is 0 Å². The molecule has 0 spiro atoms. The van der Waals surface area contributed by atoms with Gasteiger partial charge < -0.3 is 4.74 Å². The van der Waals surface area contributed by atoms with Gasteiger partial charge in [-0.3, -0.25) is 0 Å². The third-order valence-corrected chi connectivity index (χ3v) is 3.67. The van der Waals surface area contributed by atoms with E-state index < -0.39 is 0 Å². The van der Waals surface area contributed by atoms with Crippen molar-refractivity contribution in [2.75, 3.05) is 6.61 Å². The van der Waals surface area contributed by atoms with Crippen LogP contribution in [0.25, 0.3) is 0 Å². The summed E-state index contributed by atoms with van der Waals surface area (Å²) in [6.07, 6.45) is 0.790. The summed E-state index contributed by atoms with van der Waals surface area (Å²) in [7, 11) is 0. The molecule has 2 rings (SSSR count). The molecule has 0 atom stereocenters. The Labute approximate surface area is 115 Å². The topological polar surface area (TPSA) is 69.7 Å². The zero-order valence-corrected chi connectivity index (χ0v) is 11.2. The van der Waals surface area contributed by atoms with Crippen molar-refractivity contribution in [3.63, 3.8) is 0 Å². The molecule has 19 heavy (non-hydrogen) atoms. The lowest BCUT2D eigenvalue weighted by atomic mass is 10.1. The lowest BCUT2D eigenvalue weighted by Gasteiger charge is -2.06. The van der Waals surface area contributed by atoms with Crippen LogP contribution in [0.3, 0.4) is 0 Å². The molecule has 94 valence electrons. The summed E-state index contributed by atoms with van der Waals surface area (Å²) in [5.74, 6) is 0.609. The van der Waals surface area contributed by atoms with E-state index in [1.54, 1.807) is 29.5 Å². The minimum atomic E-state index is 0.342. The first kappa shape index (κ1) is 13.1. The van der Waals surface area contributed by atoms with Crippen molar-refractivity contribution < 1.29 is 4.74 Å². The van der Waals surface area contributed by atoms with Crippen molar-refractivity contribution in [3.8, 4) is 17.9 Å². The molecule has 0 unspecified atom stereocenters. The van der Waals surface area contributed by atoms with Crippen LogP contribution in [0.1, 0.15) is 21.7 Å². The van der Waals surface area contributed by atoms with Gasteiger partial charge in [-0.05, 0) is 25.1 Å². The highest BCUT2D eigenvalue weighted by Gasteiger charge is 2.05. The molecule has 2 aromatic rings. The number of rotatable bonds is 4. The summed E-state index contributed by atoms with van der Waals surface area (Å²) < 4.78 is 5.59. The molecule has 0 aliphatic rings. The highest BCUT2D eigenvalue weighted by atomic mass is 32.1. The van der Waals surface area contributed by atoms with Crippen molar-refractivity contribution in [2.24, 2.45) is 0 Å². The summed E-state index contributed by atoms with van der Waals surface area (Å²) in [4.78, 5) is 5.38. The molecular formula is C14H11N3OS. The van der Waals surface area contributed by atoms with Gasteiger partial charge in [-0.25, -0.2) is 4.98 Å². The number of aromatic nitrogens is 1. The fourth-order valence-electron chi connectivity index (χ4n) is 1.63. The van der Waals surface area contributed by atoms with Gasteiger partial charge in [0.2, 0.25) is 0 Å². The average Bonchev–Trinajstić information content (AvgIpc) is 2.84. The Hall–Kier alpha value is -2.37. The Morgan fingerprint density at radius 1 is 1.26 bits per heavy atom. The maximum absolute atomic E-state index is 8.92. The first-order valence-corrected chi connectivity index (χ1v) is 6.58. The summed E-state index contributed by atoms with van der Waals surface area (Å²) in [5, 5.41) is 17.7. The SMILES string of the molecule is Cc1ncsc1CCOc1ccc(C#N)c(C#N)c1. The van der Waals surface area contributed by atoms with E-state index in [9.17, 15) is 0 Å². The van der Waals surface area contributed by atoms with E-state index in [4.69, 9.17) is 15.3 Å². The van der Waals surface area contributed by atoms with Gasteiger partial charge >= 0.3 is 0 Å². The number of aryl methyl sites for hydroxylation is 1. The van der Waals surface area contributed by atoms with Crippen LogP contribution >= 0.6 is 11.3 Å². The average molecular weight is 269 g/mol. The molecule has 0 aliphatic carbocycles. The van der Waals surface area contributed by atoms with Crippen molar-refractivity contribution in [2.45, 2.75) is 13.3 Å². The van der Waals surface area contributed by atoms with Gasteiger partial charge in [-0.15, -0.1) is 11.3 Å². The van der Waals surface area contributed by atoms with Gasteiger partial charge in [0.05, 0.1) is 28.9 Å². The second kappa shape index (κ2) is 5.99. The number of thiazole rings is 1. The third kappa shape index (κ3) is 3.09. The van der Waals surface area contributed by atoms with Crippen molar-refractivity contribution >= 4 is 11.3 Å². The first-order chi connectivity index (χ1) is 9.24. The van der Waals surface area contributed by atoms with Gasteiger partial charge in [-0.2, -0.15) is 10.5 Å². The molecule has 0 radical (unpaired) electrons. The monoisotopic (exact) mass is 269 g/mol. The number of hydrogen-bond donors (Lipinski definition) is 0. The number of benzene rings is 1. The van der Waals surface area contributed by atoms with Gasteiger partial charge in [0.1, 0.15) is 17.9 Å². The Morgan fingerprint density at radius 2 is 2.05 bits per heavy atom. The highest BCUT2D eigenvalue weighted by molar-refractivity contribution is 7.09. The zero-order chi connectivity index (χ0) is 13.7. The molecule has 0 saturated carbocycles. The third-order valence-electron chi connectivity index (χ3n) is 2.67. The fraction of sp³-hybridized carbons (Fsp3) is 0.214. The molecule has 0 aliphatic heterocycles. The standard InChI is InChI=1S/C14H11N3OS/c1-10-14(19-9-17-10)4-5-18-13-3-2-11(7-15)12(6-13)8-16/h2-3,6,9H,4-5H2,1H3. The molecule has 4 nitrogen and oxygen atoms in total. The molecule has 0 saturated heterocycles. The normalized spacial score (nSPS) is 9.63. The van der Waals surface area contributed by atoms with Crippen LogP contribution in [-0.2, 0) is 6.42 Å². The number of hydrogen-bond acceptors (Lipinski definition) is 5. The van der Waals surface area contributed by atoms with Gasteiger partial charge in [0.25, 0.3) is 0 Å². The van der Waals surface area contributed by atoms with E-state index in [-0.39, 0.29) is 0 Å². The minimum Gasteiger partial charge on any atom is -0.493 e. The van der Waals surface area contributed by atoms with E-state index in [0.29, 0.717) is 23.5 Å². The second-order valence-corrected chi connectivity index (χ2v) is 4.83. The van der Waals surface area contributed by atoms with Crippen molar-refractivity contribution in [1.29, 1.82) is 10.5 Å². The first-order valence-electron chi connectivity index (χ1n) is 5.70. The van der Waals surface area contributed by atoms with Gasteiger partial charge in [0.15, 0.2) is 0 Å². The number of nitriles is 2. The van der Waals surface area contributed by atoms with Crippen LogP contribution < -0.4 is 4.74 Å². The fourth-order valence-corrected chi connectivity index (χ4v) is 2.39. The molecule has 0 bridgehead atoms. The summed E-state index contributed by atoms with van der Waals surface area (Å²) in [6.45, 7) is 2.50. The van der Waals surface area contributed by atoms with E-state index in [1.807, 2.05) is 24.6 Å². The number of ether oxygens (including phenoxy) is 1. The van der Waals surface area contributed by atoms with E-state index in [1.165, 1.54) is 4.88 Å². The summed E-state index contributed by atoms with van der Waals surface area (Å²) >= 11 is 1.61. The molecular weight excluding hydrogens is 258 g/mol. The summed E-state index contributed by atoms with van der Waals surface area (Å²) in [5.41, 5.74) is 3.56. The van der Waals surface area contributed by atoms with Crippen molar-refractivity contribution in [3.05, 3.63) is 45.4 Å². The zero-order valence-electron chi connectivity index (χ0n) is 10.4. The molecule has 0 amide bonds. The van der Waals surface area contributed by atoms with Gasteiger partial charge in [0, 0.05) is 11.3 Å². The number of nitrogens with zero attached hydrogens (tertiary/aromatic N) is 3. The lowest BCUT2D eigenvalue weighted by molar-refractivity contribution is 0.322. The van der Waals surface area contributed by atoms with Crippen LogP contribution in [-0.4, -0.2) is 11.6 Å². The molecule has 5 heteroatoms. The quantitative estimate of drug-likeness (QED) is 0.855. The lowest BCUT2D eigenvalue weighted by Crippen LogP contribution is -2.01. The Bertz CT molecular complexity index is 664. The second-order valence-electron chi connectivity index (χ2n) is 3.89. The Balaban J connectivity index is 1.99. The smallest absolute Gasteiger partial charge is 0.120 e. The molecule has 1 aromatic carbocycles. The highest BCUT2D eigenvalue weighted by Crippen LogP contribution is 2.18. The van der Waals surface area contributed by atoms with Crippen LogP contribution in [0.5, 0.6) is 5.75 Å². The molecule has 1 heterocycles. The summed E-state index contributed by atoms with van der Waals surface area (Å²) in [6, 6.07) is 8.87. The maximum Gasteiger partial charge on any atom is 0.120 e. The van der Waals surface area contributed by atoms with Crippen LogP contribution in [0.15, 0.2) is 23.7 Å². The largest absolute Gasteiger partial charge is 0.493 e. The van der Waals surface area contributed by atoms with Crippen molar-refractivity contribution in [1.82, 2.24) is 4.98 Å². The maximum atomic E-state index is 8.92. The van der Waals surface area contributed by atoms with Crippen LogP contribution in [0, 0.1) is 29.6 Å². The van der Waals surface area contributed by atoms with E-state index in [2.05, 4.69) is 4.98 Å². The predicted octanol–water partition coefficient (Wildman–Crippen LogP) is 2.82. The van der Waals surface area contributed by atoms with Crippen LogP contribution in [0.2, 0.25) is 0 Å². The van der Waals surface area contributed by atoms with Gasteiger partial charge in [-0.1, -0.05) is 0 Å². The molecule has 1 aromatic heterocycles. The molecule has 0 fully saturated rings.